The zero-order chi connectivity index (χ0) is 19.0. The monoisotopic (exact) mass is 378 g/mol. The van der Waals surface area contributed by atoms with Crippen molar-refractivity contribution < 1.29 is 4.74 Å². The quantitative estimate of drug-likeness (QED) is 0.515. The van der Waals surface area contributed by atoms with Gasteiger partial charge in [0.2, 0.25) is 5.78 Å². The molecular weight excluding hydrogens is 360 g/mol. The van der Waals surface area contributed by atoms with Gasteiger partial charge in [-0.2, -0.15) is 0 Å². The highest BCUT2D eigenvalue weighted by Crippen LogP contribution is 2.33. The first-order valence-corrected chi connectivity index (χ1v) is 8.96. The van der Waals surface area contributed by atoms with E-state index in [-0.39, 0.29) is 0 Å². The van der Waals surface area contributed by atoms with E-state index in [1.807, 2.05) is 72.8 Å². The lowest BCUT2D eigenvalue weighted by molar-refractivity contribution is 0.415. The summed E-state index contributed by atoms with van der Waals surface area (Å²) < 4.78 is 7.30. The van der Waals surface area contributed by atoms with Crippen LogP contribution in [0.25, 0.3) is 17.0 Å². The Balaban J connectivity index is 1.90. The minimum atomic E-state index is 0.662. The van der Waals surface area contributed by atoms with Crippen LogP contribution >= 0.6 is 11.6 Å². The van der Waals surface area contributed by atoms with Gasteiger partial charge < -0.3 is 10.1 Å². The molecule has 0 aliphatic heterocycles. The fourth-order valence-corrected chi connectivity index (χ4v) is 3.24. The summed E-state index contributed by atoms with van der Waals surface area (Å²) in [6, 6.07) is 17.5. The second-order valence-electron chi connectivity index (χ2n) is 6.34. The molecule has 6 heteroatoms. The fraction of sp³-hybridized carbons (Fsp3) is 0.143. The maximum Gasteiger partial charge on any atom is 0.236 e. The van der Waals surface area contributed by atoms with Crippen molar-refractivity contribution in [3.05, 3.63) is 71.0 Å². The van der Waals surface area contributed by atoms with E-state index in [0.29, 0.717) is 10.8 Å². The van der Waals surface area contributed by atoms with Crippen LogP contribution in [0.1, 0.15) is 11.4 Å². The molecule has 136 valence electrons. The van der Waals surface area contributed by atoms with Crippen molar-refractivity contribution in [1.82, 2.24) is 14.4 Å². The van der Waals surface area contributed by atoms with Gasteiger partial charge in [0, 0.05) is 27.7 Å². The van der Waals surface area contributed by atoms with Crippen LogP contribution in [-0.4, -0.2) is 21.5 Å². The molecule has 0 saturated carbocycles. The maximum absolute atomic E-state index is 6.02. The second kappa shape index (κ2) is 6.93. The number of hydrogen-bond donors (Lipinski definition) is 1. The van der Waals surface area contributed by atoms with Crippen LogP contribution in [0.15, 0.2) is 54.6 Å². The summed E-state index contributed by atoms with van der Waals surface area (Å²) in [6.07, 6.45) is 0. The molecule has 4 rings (SSSR count). The topological polar surface area (TPSA) is 51.5 Å². The largest absolute Gasteiger partial charge is 0.497 e. The zero-order valence-corrected chi connectivity index (χ0v) is 16.1. The first kappa shape index (κ1) is 17.4. The van der Waals surface area contributed by atoms with E-state index >= 15 is 0 Å². The SMILES string of the molecule is COc1ccc(-c2nc3nc(C)cc(C)n3c2Nc2ccc(Cl)cc2)cc1. The number of benzene rings is 2. The van der Waals surface area contributed by atoms with E-state index in [2.05, 4.69) is 10.3 Å². The van der Waals surface area contributed by atoms with Crippen LogP contribution in [0.4, 0.5) is 11.5 Å². The number of halogens is 1. The van der Waals surface area contributed by atoms with Crippen molar-refractivity contribution in [2.45, 2.75) is 13.8 Å². The fourth-order valence-electron chi connectivity index (χ4n) is 3.11. The minimum absolute atomic E-state index is 0.662. The van der Waals surface area contributed by atoms with Crippen molar-refractivity contribution in [2.75, 3.05) is 12.4 Å². The van der Waals surface area contributed by atoms with Gasteiger partial charge in [0.1, 0.15) is 17.3 Å². The molecule has 0 saturated heterocycles. The molecule has 0 radical (unpaired) electrons. The molecule has 1 N–H and O–H groups in total. The molecule has 0 atom stereocenters. The van der Waals surface area contributed by atoms with Crippen LogP contribution < -0.4 is 10.1 Å². The van der Waals surface area contributed by atoms with E-state index in [9.17, 15) is 0 Å². The number of methoxy groups -OCH3 is 1. The van der Waals surface area contributed by atoms with Gasteiger partial charge >= 0.3 is 0 Å². The Kier molecular flexibility index (Phi) is 4.46. The number of fused-ring (bicyclic) bond motifs is 1. The number of anilines is 2. The van der Waals surface area contributed by atoms with Gasteiger partial charge in [-0.3, -0.25) is 4.40 Å². The molecule has 0 fully saturated rings. The molecule has 0 amide bonds. The summed E-state index contributed by atoms with van der Waals surface area (Å²) >= 11 is 6.02. The van der Waals surface area contributed by atoms with Gasteiger partial charge in [0.15, 0.2) is 0 Å². The lowest BCUT2D eigenvalue weighted by atomic mass is 10.1. The summed E-state index contributed by atoms with van der Waals surface area (Å²) in [5.41, 5.74) is 4.73. The van der Waals surface area contributed by atoms with Gasteiger partial charge in [-0.25, -0.2) is 9.97 Å². The first-order chi connectivity index (χ1) is 13.0. The van der Waals surface area contributed by atoms with Crippen LogP contribution in [0.3, 0.4) is 0 Å². The summed E-state index contributed by atoms with van der Waals surface area (Å²) in [7, 11) is 1.66. The number of imidazole rings is 1. The molecule has 0 bridgehead atoms. The summed E-state index contributed by atoms with van der Waals surface area (Å²) in [5, 5.41) is 4.18. The standard InChI is InChI=1S/C21H19ClN4O/c1-13-12-14(2)26-20(24-17-8-6-16(22)7-9-17)19(25-21(26)23-13)15-4-10-18(27-3)11-5-15/h4-12,24H,1-3H3. The summed E-state index contributed by atoms with van der Waals surface area (Å²) in [5.74, 6) is 2.33. The van der Waals surface area contributed by atoms with Gasteiger partial charge in [0.05, 0.1) is 7.11 Å². The lowest BCUT2D eigenvalue weighted by Crippen LogP contribution is -2.01. The average Bonchev–Trinajstić information content (AvgIpc) is 3.02. The number of aryl methyl sites for hydroxylation is 2. The summed E-state index contributed by atoms with van der Waals surface area (Å²) in [6.45, 7) is 4.02. The molecule has 0 spiro atoms. The highest BCUT2D eigenvalue weighted by Gasteiger charge is 2.17. The molecule has 2 heterocycles. The molecule has 2 aromatic heterocycles. The maximum atomic E-state index is 6.02. The first-order valence-electron chi connectivity index (χ1n) is 8.59. The lowest BCUT2D eigenvalue weighted by Gasteiger charge is -2.11. The number of hydrogen-bond acceptors (Lipinski definition) is 4. The van der Waals surface area contributed by atoms with Crippen molar-refractivity contribution in [2.24, 2.45) is 0 Å². The third-order valence-electron chi connectivity index (χ3n) is 4.38. The molecule has 5 nitrogen and oxygen atoms in total. The van der Waals surface area contributed by atoms with E-state index in [4.69, 9.17) is 21.3 Å². The Morgan fingerprint density at radius 2 is 1.67 bits per heavy atom. The van der Waals surface area contributed by atoms with Gasteiger partial charge in [0.25, 0.3) is 0 Å². The van der Waals surface area contributed by atoms with E-state index in [1.54, 1.807) is 7.11 Å². The average molecular weight is 379 g/mol. The van der Waals surface area contributed by atoms with Crippen molar-refractivity contribution in [1.29, 1.82) is 0 Å². The molecule has 0 unspecified atom stereocenters. The number of nitrogens with zero attached hydrogens (tertiary/aromatic N) is 3. The van der Waals surface area contributed by atoms with Crippen LogP contribution in [-0.2, 0) is 0 Å². The third-order valence-corrected chi connectivity index (χ3v) is 4.63. The molecule has 2 aromatic carbocycles. The molecule has 27 heavy (non-hydrogen) atoms. The molecule has 4 aromatic rings. The van der Waals surface area contributed by atoms with Gasteiger partial charge in [-0.15, -0.1) is 0 Å². The Labute approximate surface area is 162 Å². The van der Waals surface area contributed by atoms with E-state index < -0.39 is 0 Å². The Bertz CT molecular complexity index is 1100. The number of ether oxygens (including phenoxy) is 1. The van der Waals surface area contributed by atoms with E-state index in [0.717, 1.165) is 39.9 Å². The smallest absolute Gasteiger partial charge is 0.236 e. The van der Waals surface area contributed by atoms with E-state index in [1.165, 1.54) is 0 Å². The minimum Gasteiger partial charge on any atom is -0.497 e. The highest BCUT2D eigenvalue weighted by molar-refractivity contribution is 6.30. The van der Waals surface area contributed by atoms with Crippen molar-refractivity contribution in [3.63, 3.8) is 0 Å². The van der Waals surface area contributed by atoms with Gasteiger partial charge in [-0.1, -0.05) is 11.6 Å². The zero-order valence-electron chi connectivity index (χ0n) is 15.3. The highest BCUT2D eigenvalue weighted by atomic mass is 35.5. The Hall–Kier alpha value is -3.05. The summed E-state index contributed by atoms with van der Waals surface area (Å²) in [4.78, 5) is 9.40. The van der Waals surface area contributed by atoms with Crippen LogP contribution in [0.5, 0.6) is 5.75 Å². The number of aromatic nitrogens is 3. The second-order valence-corrected chi connectivity index (χ2v) is 6.78. The van der Waals surface area contributed by atoms with Crippen LogP contribution in [0.2, 0.25) is 5.02 Å². The number of rotatable bonds is 4. The van der Waals surface area contributed by atoms with Crippen LogP contribution in [0, 0.1) is 13.8 Å². The molecule has 0 aliphatic rings. The van der Waals surface area contributed by atoms with Gasteiger partial charge in [-0.05, 0) is 68.4 Å². The van der Waals surface area contributed by atoms with Crippen molar-refractivity contribution in [3.8, 4) is 17.0 Å². The predicted molar refractivity (Wildman–Crippen MR) is 109 cm³/mol. The normalized spacial score (nSPS) is 11.0. The molecular formula is C21H19ClN4O. The van der Waals surface area contributed by atoms with Crippen molar-refractivity contribution >= 4 is 28.9 Å². The Morgan fingerprint density at radius 1 is 0.963 bits per heavy atom. The predicted octanol–water partition coefficient (Wildman–Crippen LogP) is 5.42. The molecule has 0 aliphatic carbocycles. The number of nitrogens with one attached hydrogen (secondary N) is 1. The third kappa shape index (κ3) is 3.34. The Morgan fingerprint density at radius 3 is 2.33 bits per heavy atom.